The summed E-state index contributed by atoms with van der Waals surface area (Å²) in [5.74, 6) is 1.18. The van der Waals surface area contributed by atoms with E-state index in [2.05, 4.69) is 5.16 Å². The van der Waals surface area contributed by atoms with E-state index in [0.717, 1.165) is 0 Å². The zero-order valence-corrected chi connectivity index (χ0v) is 15.3. The second kappa shape index (κ2) is 10.7. The van der Waals surface area contributed by atoms with E-state index < -0.39 is 12.2 Å². The van der Waals surface area contributed by atoms with Crippen molar-refractivity contribution in [1.29, 1.82) is 0 Å². The highest BCUT2D eigenvalue weighted by Crippen LogP contribution is 2.19. The van der Waals surface area contributed by atoms with E-state index in [1.807, 2.05) is 0 Å². The van der Waals surface area contributed by atoms with Crippen LogP contribution >= 0.6 is 11.6 Å². The number of halogens is 1. The van der Waals surface area contributed by atoms with Crippen LogP contribution in [0.5, 0.6) is 11.5 Å². The predicted octanol–water partition coefficient (Wildman–Crippen LogP) is 1.62. The van der Waals surface area contributed by atoms with E-state index in [1.54, 1.807) is 48.5 Å². The molecule has 0 aromatic heterocycles. The van der Waals surface area contributed by atoms with Gasteiger partial charge in [0.25, 0.3) is 0 Å². The molecular formula is C19H22ClNO6. The van der Waals surface area contributed by atoms with Crippen molar-refractivity contribution in [2.24, 2.45) is 5.16 Å². The van der Waals surface area contributed by atoms with Crippen LogP contribution in [0.3, 0.4) is 0 Å². The van der Waals surface area contributed by atoms with Crippen LogP contribution in [0.2, 0.25) is 0 Å². The fourth-order valence-corrected chi connectivity index (χ4v) is 2.27. The van der Waals surface area contributed by atoms with E-state index in [9.17, 15) is 15.4 Å². The Bertz CT molecular complexity index is 660. The summed E-state index contributed by atoms with van der Waals surface area (Å²) in [6.07, 6.45) is -1.68. The molecule has 2 atom stereocenters. The van der Waals surface area contributed by atoms with Gasteiger partial charge in [0.1, 0.15) is 42.6 Å². The maximum Gasteiger partial charge on any atom is 0.119 e. The van der Waals surface area contributed by atoms with Gasteiger partial charge in [0.05, 0.1) is 12.5 Å². The molecule has 0 fully saturated rings. The molecule has 2 rings (SSSR count). The van der Waals surface area contributed by atoms with Crippen molar-refractivity contribution in [3.8, 4) is 11.5 Å². The van der Waals surface area contributed by atoms with Crippen molar-refractivity contribution in [1.82, 2.24) is 0 Å². The molecule has 2 unspecified atom stereocenters. The number of benzene rings is 2. The maximum atomic E-state index is 9.41. The van der Waals surface area contributed by atoms with Crippen molar-refractivity contribution >= 4 is 17.3 Å². The molecule has 0 aliphatic heterocycles. The lowest BCUT2D eigenvalue weighted by molar-refractivity contribution is 0.0536. The molecule has 27 heavy (non-hydrogen) atoms. The Morgan fingerprint density at radius 1 is 0.852 bits per heavy atom. The molecule has 0 aliphatic carbocycles. The van der Waals surface area contributed by atoms with Crippen LogP contribution in [0.15, 0.2) is 53.7 Å². The highest BCUT2D eigenvalue weighted by atomic mass is 35.5. The first-order chi connectivity index (χ1) is 13.1. The monoisotopic (exact) mass is 395 g/mol. The van der Waals surface area contributed by atoms with Gasteiger partial charge in [0.15, 0.2) is 0 Å². The lowest BCUT2D eigenvalue weighted by atomic mass is 10.0. The van der Waals surface area contributed by atoms with Crippen LogP contribution in [0.4, 0.5) is 0 Å². The molecule has 2 aromatic rings. The Balaban J connectivity index is 2.03. The van der Waals surface area contributed by atoms with Gasteiger partial charge in [-0.05, 0) is 48.5 Å². The SMILES string of the molecule is OCC(O)COc1ccc(C(=NO)c2ccc(OCC(O)CCl)cc2)cc1. The van der Waals surface area contributed by atoms with Crippen LogP contribution in [0.25, 0.3) is 0 Å². The van der Waals surface area contributed by atoms with Crippen molar-refractivity contribution in [2.75, 3.05) is 25.7 Å². The number of hydrogen-bond acceptors (Lipinski definition) is 7. The van der Waals surface area contributed by atoms with E-state index in [0.29, 0.717) is 28.3 Å². The van der Waals surface area contributed by atoms with Crippen LogP contribution in [0, 0.1) is 0 Å². The first-order valence-corrected chi connectivity index (χ1v) is 8.82. The number of hydrogen-bond donors (Lipinski definition) is 4. The highest BCUT2D eigenvalue weighted by Gasteiger charge is 2.10. The third-order valence-corrected chi connectivity index (χ3v) is 3.99. The molecule has 0 radical (unpaired) electrons. The first-order valence-electron chi connectivity index (χ1n) is 8.28. The number of aliphatic hydroxyl groups is 3. The van der Waals surface area contributed by atoms with Gasteiger partial charge in [-0.1, -0.05) is 5.16 Å². The van der Waals surface area contributed by atoms with Crippen LogP contribution in [-0.2, 0) is 0 Å². The molecule has 0 saturated carbocycles. The predicted molar refractivity (Wildman–Crippen MR) is 101 cm³/mol. The molecular weight excluding hydrogens is 374 g/mol. The summed E-state index contributed by atoms with van der Waals surface area (Å²) < 4.78 is 10.8. The molecule has 8 heteroatoms. The molecule has 7 nitrogen and oxygen atoms in total. The Labute approximate surface area is 162 Å². The highest BCUT2D eigenvalue weighted by molar-refractivity contribution is 6.18. The molecule has 2 aromatic carbocycles. The normalized spacial score (nSPS) is 13.9. The van der Waals surface area contributed by atoms with Gasteiger partial charge in [-0.2, -0.15) is 0 Å². The number of oxime groups is 1. The lowest BCUT2D eigenvalue weighted by Gasteiger charge is -2.12. The van der Waals surface area contributed by atoms with E-state index >= 15 is 0 Å². The molecule has 0 saturated heterocycles. The minimum Gasteiger partial charge on any atom is -0.491 e. The largest absolute Gasteiger partial charge is 0.491 e. The maximum absolute atomic E-state index is 9.41. The first kappa shape index (κ1) is 21.0. The van der Waals surface area contributed by atoms with Gasteiger partial charge in [-0.3, -0.25) is 0 Å². The second-order valence-corrected chi connectivity index (χ2v) is 6.07. The van der Waals surface area contributed by atoms with Crippen LogP contribution in [-0.4, -0.2) is 64.1 Å². The summed E-state index contributed by atoms with van der Waals surface area (Å²) in [5, 5.41) is 40.3. The summed E-state index contributed by atoms with van der Waals surface area (Å²) in [5.41, 5.74) is 1.70. The lowest BCUT2D eigenvalue weighted by Crippen LogP contribution is -2.21. The van der Waals surface area contributed by atoms with Gasteiger partial charge in [-0.25, -0.2) is 0 Å². The zero-order chi connectivity index (χ0) is 19.6. The third kappa shape index (κ3) is 6.41. The van der Waals surface area contributed by atoms with Gasteiger partial charge in [0.2, 0.25) is 0 Å². The Kier molecular flexibility index (Phi) is 8.35. The third-order valence-electron chi connectivity index (χ3n) is 3.63. The van der Waals surface area contributed by atoms with Crippen molar-refractivity contribution in [3.63, 3.8) is 0 Å². The molecule has 4 N–H and O–H groups in total. The average Bonchev–Trinajstić information content (AvgIpc) is 2.72. The number of rotatable bonds is 10. The van der Waals surface area contributed by atoms with Gasteiger partial charge in [0, 0.05) is 11.1 Å². The summed E-state index contributed by atoms with van der Waals surface area (Å²) in [6.45, 7) is -0.295. The average molecular weight is 396 g/mol. The van der Waals surface area contributed by atoms with E-state index in [1.165, 1.54) is 0 Å². The van der Waals surface area contributed by atoms with Crippen molar-refractivity contribution in [2.45, 2.75) is 12.2 Å². The Morgan fingerprint density at radius 2 is 1.30 bits per heavy atom. The van der Waals surface area contributed by atoms with Gasteiger partial charge in [-0.15, -0.1) is 11.6 Å². The number of ether oxygens (including phenoxy) is 2. The molecule has 0 amide bonds. The Hall–Kier alpha value is -2.32. The molecule has 0 heterocycles. The Morgan fingerprint density at radius 3 is 1.67 bits per heavy atom. The van der Waals surface area contributed by atoms with Gasteiger partial charge >= 0.3 is 0 Å². The summed E-state index contributed by atoms with van der Waals surface area (Å²) >= 11 is 5.52. The fraction of sp³-hybridized carbons (Fsp3) is 0.316. The van der Waals surface area contributed by atoms with E-state index in [-0.39, 0.29) is 25.7 Å². The topological polar surface area (TPSA) is 112 Å². The zero-order valence-electron chi connectivity index (χ0n) is 14.5. The molecule has 0 aliphatic rings. The van der Waals surface area contributed by atoms with Gasteiger partial charge < -0.3 is 30.0 Å². The summed E-state index contributed by atoms with van der Waals surface area (Å²) in [4.78, 5) is 0. The molecule has 146 valence electrons. The smallest absolute Gasteiger partial charge is 0.119 e. The van der Waals surface area contributed by atoms with Crippen LogP contribution < -0.4 is 9.47 Å². The fourth-order valence-electron chi connectivity index (χ4n) is 2.18. The molecule has 0 bridgehead atoms. The van der Waals surface area contributed by atoms with E-state index in [4.69, 9.17) is 26.2 Å². The van der Waals surface area contributed by atoms with Crippen molar-refractivity contribution < 1.29 is 30.0 Å². The number of nitrogens with zero attached hydrogens (tertiary/aromatic N) is 1. The number of aliphatic hydroxyl groups excluding tert-OH is 3. The minimum atomic E-state index is -0.939. The summed E-state index contributed by atoms with van der Waals surface area (Å²) in [7, 11) is 0. The quantitative estimate of drug-likeness (QED) is 0.210. The minimum absolute atomic E-state index is 0.0172. The standard InChI is InChI=1S/C19H22ClNO6/c20-9-15(23)11-26-17-5-1-13(2-6-17)19(21-25)14-3-7-18(8-4-14)27-12-16(24)10-22/h1-8,15-16,22-25H,9-12H2. The van der Waals surface area contributed by atoms with Crippen LogP contribution in [0.1, 0.15) is 11.1 Å². The second-order valence-electron chi connectivity index (χ2n) is 5.76. The summed E-state index contributed by atoms with van der Waals surface area (Å²) in [6, 6.07) is 13.7. The molecule has 0 spiro atoms. The number of alkyl halides is 1. The van der Waals surface area contributed by atoms with Crippen molar-refractivity contribution in [3.05, 3.63) is 59.7 Å².